The fraction of sp³-hybridized carbons (Fsp3) is 1.00. The van der Waals surface area contributed by atoms with Crippen molar-refractivity contribution in [1.29, 1.82) is 0 Å². The molecule has 2 aliphatic carbocycles. The van der Waals surface area contributed by atoms with Crippen LogP contribution in [0.3, 0.4) is 0 Å². The van der Waals surface area contributed by atoms with E-state index in [1.807, 2.05) is 0 Å². The molecule has 23 heavy (non-hydrogen) atoms. The van der Waals surface area contributed by atoms with Crippen molar-refractivity contribution in [3.63, 3.8) is 0 Å². The first-order valence-corrected chi connectivity index (χ1v) is 10.9. The van der Waals surface area contributed by atoms with Gasteiger partial charge < -0.3 is 9.47 Å². The van der Waals surface area contributed by atoms with E-state index in [0.29, 0.717) is 21.7 Å². The molecule has 0 N–H and O–H groups in total. The second kappa shape index (κ2) is 6.53. The molecule has 2 saturated heterocycles. The summed E-state index contributed by atoms with van der Waals surface area (Å²) in [5.41, 5.74) is 0. The van der Waals surface area contributed by atoms with Gasteiger partial charge in [-0.05, 0) is 76.0 Å². The van der Waals surface area contributed by atoms with Crippen LogP contribution >= 0.6 is 11.8 Å². The summed E-state index contributed by atoms with van der Waals surface area (Å²) in [7, 11) is 0. The van der Waals surface area contributed by atoms with Gasteiger partial charge in [-0.1, -0.05) is 13.8 Å². The van der Waals surface area contributed by atoms with Crippen molar-refractivity contribution >= 4 is 11.8 Å². The summed E-state index contributed by atoms with van der Waals surface area (Å²) in [6, 6.07) is 0. The van der Waals surface area contributed by atoms with Crippen LogP contribution in [0.2, 0.25) is 0 Å². The van der Waals surface area contributed by atoms with Crippen LogP contribution in [0.15, 0.2) is 0 Å². The Morgan fingerprint density at radius 1 is 0.696 bits per heavy atom. The average Bonchev–Trinajstić information content (AvgIpc) is 2.53. The average molecular weight is 339 g/mol. The summed E-state index contributed by atoms with van der Waals surface area (Å²) in [5.74, 6) is 1.77. The highest BCUT2D eigenvalue weighted by Crippen LogP contribution is 2.63. The third-order valence-corrected chi connectivity index (χ3v) is 8.72. The Morgan fingerprint density at radius 2 is 1.13 bits per heavy atom. The molecule has 0 radical (unpaired) electrons. The minimum absolute atomic E-state index is 0.404. The van der Waals surface area contributed by atoms with Gasteiger partial charge in [-0.15, -0.1) is 11.8 Å². The van der Waals surface area contributed by atoms with Gasteiger partial charge in [0.1, 0.15) is 0 Å². The molecule has 2 atom stereocenters. The molecule has 0 aromatic carbocycles. The highest BCUT2D eigenvalue weighted by atomic mass is 32.2. The molecular formula is C20H34O2S. The lowest BCUT2D eigenvalue weighted by molar-refractivity contribution is -0.0518. The predicted molar refractivity (Wildman–Crippen MR) is 97.0 cm³/mol. The molecule has 2 nitrogen and oxygen atoms in total. The summed E-state index contributed by atoms with van der Waals surface area (Å²) in [6.45, 7) is 6.83. The molecule has 2 heterocycles. The number of thioether (sulfide) groups is 1. The molecule has 0 bridgehead atoms. The van der Waals surface area contributed by atoms with Crippen molar-refractivity contribution in [2.45, 2.75) is 99.8 Å². The number of hydrogen-bond donors (Lipinski definition) is 0. The van der Waals surface area contributed by atoms with Crippen molar-refractivity contribution in [1.82, 2.24) is 0 Å². The molecule has 2 aliphatic heterocycles. The van der Waals surface area contributed by atoms with E-state index in [1.165, 1.54) is 64.2 Å². The normalized spacial score (nSPS) is 50.9. The second-order valence-electron chi connectivity index (χ2n) is 8.97. The van der Waals surface area contributed by atoms with Crippen LogP contribution in [0.5, 0.6) is 0 Å². The summed E-state index contributed by atoms with van der Waals surface area (Å²) < 4.78 is 13.4. The summed E-state index contributed by atoms with van der Waals surface area (Å²) in [4.78, 5) is 0. The molecule has 4 fully saturated rings. The lowest BCUT2D eigenvalue weighted by Gasteiger charge is -2.60. The van der Waals surface area contributed by atoms with Crippen LogP contribution in [0.25, 0.3) is 0 Å². The minimum atomic E-state index is 0.404. The van der Waals surface area contributed by atoms with E-state index >= 15 is 0 Å². The zero-order chi connectivity index (χ0) is 15.9. The topological polar surface area (TPSA) is 18.5 Å². The minimum Gasteiger partial charge on any atom is -0.377 e. The molecule has 0 aromatic rings. The molecule has 3 heteroatoms. The van der Waals surface area contributed by atoms with Gasteiger partial charge in [0.05, 0.1) is 12.2 Å². The van der Waals surface area contributed by atoms with E-state index in [2.05, 4.69) is 25.6 Å². The van der Waals surface area contributed by atoms with Crippen LogP contribution in [-0.4, -0.2) is 34.9 Å². The van der Waals surface area contributed by atoms with E-state index < -0.39 is 0 Å². The Balaban J connectivity index is 1.51. The zero-order valence-electron chi connectivity index (χ0n) is 15.0. The molecule has 2 unspecified atom stereocenters. The van der Waals surface area contributed by atoms with Crippen LogP contribution < -0.4 is 0 Å². The predicted octanol–water partition coefficient (Wildman–Crippen LogP) is 5.20. The lowest BCUT2D eigenvalue weighted by atomic mass is 9.69. The standard InChI is InChI=1S/C20H34O2S/c1-15-11-19(12-15,17-7-3-5-9-21-17)23-20(13-16(2)14-20)18-8-4-6-10-22-18/h15-18H,3-14H2,1-2H3. The highest BCUT2D eigenvalue weighted by Gasteiger charge is 2.59. The van der Waals surface area contributed by atoms with Crippen molar-refractivity contribution in [3.8, 4) is 0 Å². The Labute approximate surface area is 146 Å². The van der Waals surface area contributed by atoms with E-state index in [1.54, 1.807) is 0 Å². The maximum Gasteiger partial charge on any atom is 0.0722 e. The van der Waals surface area contributed by atoms with Gasteiger partial charge in [0.2, 0.25) is 0 Å². The smallest absolute Gasteiger partial charge is 0.0722 e. The maximum atomic E-state index is 6.30. The largest absolute Gasteiger partial charge is 0.377 e. The van der Waals surface area contributed by atoms with E-state index in [4.69, 9.17) is 9.47 Å². The van der Waals surface area contributed by atoms with Gasteiger partial charge in [-0.25, -0.2) is 0 Å². The molecule has 132 valence electrons. The van der Waals surface area contributed by atoms with Crippen LogP contribution in [0.1, 0.15) is 78.1 Å². The van der Waals surface area contributed by atoms with Crippen LogP contribution in [0.4, 0.5) is 0 Å². The molecule has 4 rings (SSSR count). The molecule has 0 amide bonds. The molecule has 0 spiro atoms. The quantitative estimate of drug-likeness (QED) is 0.702. The van der Waals surface area contributed by atoms with Crippen molar-refractivity contribution in [2.24, 2.45) is 11.8 Å². The molecule has 4 aliphatic rings. The van der Waals surface area contributed by atoms with Crippen LogP contribution in [0, 0.1) is 11.8 Å². The third-order valence-electron chi connectivity index (χ3n) is 6.72. The van der Waals surface area contributed by atoms with Crippen molar-refractivity contribution in [3.05, 3.63) is 0 Å². The Kier molecular flexibility index (Phi) is 4.75. The fourth-order valence-electron chi connectivity index (χ4n) is 5.78. The maximum absolute atomic E-state index is 6.30. The summed E-state index contributed by atoms with van der Waals surface area (Å²) in [6.07, 6.45) is 14.3. The van der Waals surface area contributed by atoms with Gasteiger partial charge in [-0.2, -0.15) is 0 Å². The SMILES string of the molecule is CC1CC(SC2(C3CCCCO3)CC(C)C2)(C2CCCCO2)C1. The van der Waals surface area contributed by atoms with E-state index in [0.717, 1.165) is 25.0 Å². The van der Waals surface area contributed by atoms with Gasteiger partial charge in [0.15, 0.2) is 0 Å². The Hall–Kier alpha value is 0.270. The summed E-state index contributed by atoms with van der Waals surface area (Å²) in [5, 5.41) is 0. The van der Waals surface area contributed by atoms with Gasteiger partial charge in [0.25, 0.3) is 0 Å². The Morgan fingerprint density at radius 3 is 1.43 bits per heavy atom. The first-order chi connectivity index (χ1) is 11.1. The highest BCUT2D eigenvalue weighted by molar-refractivity contribution is 8.02. The van der Waals surface area contributed by atoms with Crippen molar-refractivity contribution in [2.75, 3.05) is 13.2 Å². The molecular weight excluding hydrogens is 304 g/mol. The van der Waals surface area contributed by atoms with Gasteiger partial charge >= 0.3 is 0 Å². The summed E-state index contributed by atoms with van der Waals surface area (Å²) >= 11 is 2.34. The van der Waals surface area contributed by atoms with Gasteiger partial charge in [0, 0.05) is 22.7 Å². The Bertz CT molecular complexity index is 362. The second-order valence-corrected chi connectivity index (χ2v) is 10.8. The number of hydrogen-bond acceptors (Lipinski definition) is 3. The van der Waals surface area contributed by atoms with E-state index in [-0.39, 0.29) is 0 Å². The number of ether oxygens (including phenoxy) is 2. The fourth-order valence-corrected chi connectivity index (χ4v) is 8.70. The first-order valence-electron chi connectivity index (χ1n) is 10.1. The zero-order valence-corrected chi connectivity index (χ0v) is 15.8. The third kappa shape index (κ3) is 3.11. The lowest BCUT2D eigenvalue weighted by Crippen LogP contribution is -2.60. The van der Waals surface area contributed by atoms with Gasteiger partial charge in [-0.3, -0.25) is 0 Å². The number of rotatable bonds is 4. The van der Waals surface area contributed by atoms with Crippen molar-refractivity contribution < 1.29 is 9.47 Å². The van der Waals surface area contributed by atoms with E-state index in [9.17, 15) is 0 Å². The first kappa shape index (κ1) is 16.7. The molecule has 0 aromatic heterocycles. The molecule has 2 saturated carbocycles. The monoisotopic (exact) mass is 338 g/mol. The van der Waals surface area contributed by atoms with Crippen LogP contribution in [-0.2, 0) is 9.47 Å².